The lowest BCUT2D eigenvalue weighted by molar-refractivity contribution is 0.0765. The molecular weight excluding hydrogens is 220 g/mol. The smallest absolute Gasteiger partial charge is 0.265 e. The highest BCUT2D eigenvalue weighted by Crippen LogP contribution is 2.21. The van der Waals surface area contributed by atoms with E-state index in [1.807, 2.05) is 18.7 Å². The summed E-state index contributed by atoms with van der Waals surface area (Å²) in [6.45, 7) is 5.70. The SMILES string of the molecule is Cc1nc(C)c(C(=O)N2CCCCCC2)s1. The molecular formula is C12H18N2OS. The van der Waals surface area contributed by atoms with Crippen LogP contribution in [0.5, 0.6) is 0 Å². The van der Waals surface area contributed by atoms with E-state index in [4.69, 9.17) is 0 Å². The van der Waals surface area contributed by atoms with Gasteiger partial charge in [0.2, 0.25) is 0 Å². The molecule has 88 valence electrons. The molecule has 0 atom stereocenters. The van der Waals surface area contributed by atoms with Crippen molar-refractivity contribution in [3.8, 4) is 0 Å². The number of rotatable bonds is 1. The van der Waals surface area contributed by atoms with Crippen LogP contribution in [-0.4, -0.2) is 28.9 Å². The molecule has 2 rings (SSSR count). The normalized spacial score (nSPS) is 17.2. The number of carbonyl (C=O) groups excluding carboxylic acids is 1. The first-order chi connectivity index (χ1) is 7.68. The molecule has 2 heterocycles. The number of aryl methyl sites for hydroxylation is 2. The van der Waals surface area contributed by atoms with Gasteiger partial charge in [-0.3, -0.25) is 4.79 Å². The molecule has 1 aromatic heterocycles. The number of hydrogen-bond donors (Lipinski definition) is 0. The van der Waals surface area contributed by atoms with Crippen molar-refractivity contribution in [1.82, 2.24) is 9.88 Å². The van der Waals surface area contributed by atoms with Gasteiger partial charge in [0, 0.05) is 13.1 Å². The third-order valence-corrected chi connectivity index (χ3v) is 4.05. The summed E-state index contributed by atoms with van der Waals surface area (Å²) in [4.78, 5) is 19.4. The van der Waals surface area contributed by atoms with Crippen LogP contribution in [0.4, 0.5) is 0 Å². The monoisotopic (exact) mass is 238 g/mol. The van der Waals surface area contributed by atoms with E-state index in [0.29, 0.717) is 0 Å². The van der Waals surface area contributed by atoms with Crippen LogP contribution in [-0.2, 0) is 0 Å². The van der Waals surface area contributed by atoms with Crippen LogP contribution < -0.4 is 0 Å². The number of amides is 1. The lowest BCUT2D eigenvalue weighted by Gasteiger charge is -2.19. The molecule has 0 N–H and O–H groups in total. The van der Waals surface area contributed by atoms with Gasteiger partial charge in [0.1, 0.15) is 4.88 Å². The molecule has 0 radical (unpaired) electrons. The van der Waals surface area contributed by atoms with Crippen molar-refractivity contribution in [2.45, 2.75) is 39.5 Å². The fourth-order valence-electron chi connectivity index (χ4n) is 2.15. The second-order valence-electron chi connectivity index (χ2n) is 4.35. The number of thiazole rings is 1. The number of nitrogens with zero attached hydrogens (tertiary/aromatic N) is 2. The molecule has 4 heteroatoms. The largest absolute Gasteiger partial charge is 0.338 e. The molecule has 1 aliphatic rings. The van der Waals surface area contributed by atoms with Gasteiger partial charge in [0.25, 0.3) is 5.91 Å². The van der Waals surface area contributed by atoms with Crippen molar-refractivity contribution < 1.29 is 4.79 Å². The zero-order valence-electron chi connectivity index (χ0n) is 9.95. The van der Waals surface area contributed by atoms with Gasteiger partial charge in [0.15, 0.2) is 0 Å². The van der Waals surface area contributed by atoms with Crippen molar-refractivity contribution >= 4 is 17.2 Å². The van der Waals surface area contributed by atoms with Crippen LogP contribution in [0.15, 0.2) is 0 Å². The van der Waals surface area contributed by atoms with Crippen molar-refractivity contribution in [2.75, 3.05) is 13.1 Å². The maximum Gasteiger partial charge on any atom is 0.265 e. The summed E-state index contributed by atoms with van der Waals surface area (Å²) in [5.41, 5.74) is 0.886. The van der Waals surface area contributed by atoms with Crippen molar-refractivity contribution in [3.63, 3.8) is 0 Å². The zero-order chi connectivity index (χ0) is 11.5. The van der Waals surface area contributed by atoms with E-state index in [2.05, 4.69) is 4.98 Å². The van der Waals surface area contributed by atoms with Gasteiger partial charge in [-0.05, 0) is 26.7 Å². The molecule has 0 aliphatic carbocycles. The lowest BCUT2D eigenvalue weighted by atomic mass is 10.2. The summed E-state index contributed by atoms with van der Waals surface area (Å²) >= 11 is 1.52. The maximum atomic E-state index is 12.3. The highest BCUT2D eigenvalue weighted by Gasteiger charge is 2.21. The number of likely N-dealkylation sites (tertiary alicyclic amines) is 1. The van der Waals surface area contributed by atoms with E-state index in [1.165, 1.54) is 24.2 Å². The molecule has 0 bridgehead atoms. The van der Waals surface area contributed by atoms with Gasteiger partial charge in [-0.25, -0.2) is 4.98 Å². The number of hydrogen-bond acceptors (Lipinski definition) is 3. The molecule has 1 saturated heterocycles. The van der Waals surface area contributed by atoms with Crippen molar-refractivity contribution in [3.05, 3.63) is 15.6 Å². The summed E-state index contributed by atoms with van der Waals surface area (Å²) in [5, 5.41) is 0.982. The molecule has 1 aliphatic heterocycles. The molecule has 16 heavy (non-hydrogen) atoms. The topological polar surface area (TPSA) is 33.2 Å². The highest BCUT2D eigenvalue weighted by atomic mass is 32.1. The van der Waals surface area contributed by atoms with Crippen molar-refractivity contribution in [1.29, 1.82) is 0 Å². The summed E-state index contributed by atoms with van der Waals surface area (Å²) < 4.78 is 0. The predicted octanol–water partition coefficient (Wildman–Crippen LogP) is 2.78. The van der Waals surface area contributed by atoms with Gasteiger partial charge in [-0.15, -0.1) is 11.3 Å². The molecule has 0 spiro atoms. The van der Waals surface area contributed by atoms with E-state index < -0.39 is 0 Å². The third kappa shape index (κ3) is 2.43. The average molecular weight is 238 g/mol. The molecule has 0 saturated carbocycles. The van der Waals surface area contributed by atoms with Crippen LogP contribution in [0.1, 0.15) is 46.1 Å². The highest BCUT2D eigenvalue weighted by molar-refractivity contribution is 7.13. The van der Waals surface area contributed by atoms with Crippen LogP contribution in [0.3, 0.4) is 0 Å². The van der Waals surface area contributed by atoms with Gasteiger partial charge in [-0.1, -0.05) is 12.8 Å². The van der Waals surface area contributed by atoms with Crippen LogP contribution >= 0.6 is 11.3 Å². The first-order valence-corrected chi connectivity index (χ1v) is 6.73. The molecule has 3 nitrogen and oxygen atoms in total. The molecule has 1 aromatic rings. The summed E-state index contributed by atoms with van der Waals surface area (Å²) in [7, 11) is 0. The van der Waals surface area contributed by atoms with Gasteiger partial charge in [-0.2, -0.15) is 0 Å². The van der Waals surface area contributed by atoms with Gasteiger partial charge < -0.3 is 4.90 Å². The fourth-order valence-corrected chi connectivity index (χ4v) is 3.03. The second kappa shape index (κ2) is 4.95. The fraction of sp³-hybridized carbons (Fsp3) is 0.667. The maximum absolute atomic E-state index is 12.3. The Balaban J connectivity index is 2.14. The predicted molar refractivity (Wildman–Crippen MR) is 66.0 cm³/mol. The van der Waals surface area contributed by atoms with E-state index >= 15 is 0 Å². The average Bonchev–Trinajstić information content (AvgIpc) is 2.49. The Labute approximate surface area is 100 Å². The quantitative estimate of drug-likeness (QED) is 0.753. The minimum atomic E-state index is 0.185. The molecule has 0 unspecified atom stereocenters. The minimum absolute atomic E-state index is 0.185. The van der Waals surface area contributed by atoms with E-state index in [9.17, 15) is 4.79 Å². The Kier molecular flexibility index (Phi) is 3.59. The first kappa shape index (κ1) is 11.6. The Morgan fingerprint density at radius 1 is 1.19 bits per heavy atom. The van der Waals surface area contributed by atoms with Crippen LogP contribution in [0.2, 0.25) is 0 Å². The standard InChI is InChI=1S/C12H18N2OS/c1-9-11(16-10(2)13-9)12(15)14-7-5-3-4-6-8-14/h3-8H2,1-2H3. The van der Waals surface area contributed by atoms with E-state index in [-0.39, 0.29) is 5.91 Å². The zero-order valence-corrected chi connectivity index (χ0v) is 10.8. The third-order valence-electron chi connectivity index (χ3n) is 2.99. The Morgan fingerprint density at radius 3 is 2.31 bits per heavy atom. The van der Waals surface area contributed by atoms with Crippen molar-refractivity contribution in [2.24, 2.45) is 0 Å². The van der Waals surface area contributed by atoms with E-state index in [0.717, 1.165) is 41.5 Å². The summed E-state index contributed by atoms with van der Waals surface area (Å²) in [6.07, 6.45) is 4.79. The Hall–Kier alpha value is -0.900. The lowest BCUT2D eigenvalue weighted by Crippen LogP contribution is -2.31. The summed E-state index contributed by atoms with van der Waals surface area (Å²) in [5.74, 6) is 0.185. The van der Waals surface area contributed by atoms with Crippen LogP contribution in [0, 0.1) is 13.8 Å². The Morgan fingerprint density at radius 2 is 1.81 bits per heavy atom. The second-order valence-corrected chi connectivity index (χ2v) is 5.56. The van der Waals surface area contributed by atoms with Gasteiger partial charge >= 0.3 is 0 Å². The van der Waals surface area contributed by atoms with E-state index in [1.54, 1.807) is 0 Å². The number of carbonyl (C=O) groups is 1. The number of aromatic nitrogens is 1. The van der Waals surface area contributed by atoms with Crippen LogP contribution in [0.25, 0.3) is 0 Å². The van der Waals surface area contributed by atoms with Gasteiger partial charge in [0.05, 0.1) is 10.7 Å². The summed E-state index contributed by atoms with van der Waals surface area (Å²) in [6, 6.07) is 0. The molecule has 0 aromatic carbocycles. The molecule has 1 amide bonds. The molecule has 1 fully saturated rings. The Bertz CT molecular complexity index is 378. The minimum Gasteiger partial charge on any atom is -0.338 e. The first-order valence-electron chi connectivity index (χ1n) is 5.92.